The maximum absolute atomic E-state index is 4.61. The Labute approximate surface area is 165 Å². The van der Waals surface area contributed by atoms with E-state index in [0.717, 1.165) is 52.4 Å². The van der Waals surface area contributed by atoms with Gasteiger partial charge in [0, 0.05) is 62.0 Å². The summed E-state index contributed by atoms with van der Waals surface area (Å²) in [6.45, 7) is 9.99. The summed E-state index contributed by atoms with van der Waals surface area (Å²) in [6, 6.07) is 10.7. The lowest BCUT2D eigenvalue weighted by Crippen LogP contribution is -2.55. The number of benzene rings is 1. The average molecular weight is 372 g/mol. The van der Waals surface area contributed by atoms with Gasteiger partial charge in [0.1, 0.15) is 0 Å². The number of hydrogen-bond donors (Lipinski definition) is 1. The largest absolute Gasteiger partial charge is 0.369 e. The molecule has 0 spiro atoms. The summed E-state index contributed by atoms with van der Waals surface area (Å²) in [6.07, 6.45) is 5.67. The van der Waals surface area contributed by atoms with Crippen molar-refractivity contribution in [2.24, 2.45) is 12.0 Å². The van der Waals surface area contributed by atoms with Crippen LogP contribution in [0.1, 0.15) is 5.56 Å². The van der Waals surface area contributed by atoms with E-state index in [0.29, 0.717) is 6.04 Å². The topological polar surface area (TPSA) is 58.3 Å². The number of aliphatic imine (C=N–C) groups is 1. The standard InChI is InChI=1S/C22H24N6/c1-15(28(4)19-12-24-13-19)20-9-16(5-8-22(20)23-2)17-6-7-21(25-10-17)18-11-26-27(3)14-18/h5-11,14,19,24H,1-2,12-13H2,3-4H3. The van der Waals surface area contributed by atoms with Crippen molar-refractivity contribution in [1.29, 1.82) is 0 Å². The van der Waals surface area contributed by atoms with E-state index < -0.39 is 0 Å². The maximum atomic E-state index is 4.61. The molecule has 1 saturated heterocycles. The van der Waals surface area contributed by atoms with Crippen molar-refractivity contribution < 1.29 is 0 Å². The van der Waals surface area contributed by atoms with Gasteiger partial charge in [-0.05, 0) is 30.5 Å². The lowest BCUT2D eigenvalue weighted by atomic mass is 9.99. The first-order valence-electron chi connectivity index (χ1n) is 9.26. The first-order valence-corrected chi connectivity index (χ1v) is 9.26. The van der Waals surface area contributed by atoms with E-state index in [2.05, 4.69) is 57.8 Å². The van der Waals surface area contributed by atoms with Crippen molar-refractivity contribution >= 4 is 18.1 Å². The monoisotopic (exact) mass is 372 g/mol. The molecule has 2 aromatic heterocycles. The summed E-state index contributed by atoms with van der Waals surface area (Å²) in [4.78, 5) is 11.0. The maximum Gasteiger partial charge on any atom is 0.0733 e. The number of hydrogen-bond acceptors (Lipinski definition) is 5. The van der Waals surface area contributed by atoms with E-state index in [-0.39, 0.29) is 0 Å². The zero-order valence-electron chi connectivity index (χ0n) is 16.3. The molecule has 4 rings (SSSR count). The summed E-state index contributed by atoms with van der Waals surface area (Å²) in [5, 5.41) is 7.51. The third-order valence-corrected chi connectivity index (χ3v) is 5.31. The van der Waals surface area contributed by atoms with Crippen molar-refractivity contribution in [3.05, 3.63) is 61.1 Å². The van der Waals surface area contributed by atoms with Crippen LogP contribution in [0.4, 0.5) is 5.69 Å². The molecule has 6 nitrogen and oxygen atoms in total. The van der Waals surface area contributed by atoms with Gasteiger partial charge in [0.2, 0.25) is 0 Å². The molecule has 142 valence electrons. The van der Waals surface area contributed by atoms with Gasteiger partial charge in [-0.3, -0.25) is 14.7 Å². The van der Waals surface area contributed by atoms with E-state index in [9.17, 15) is 0 Å². The predicted molar refractivity (Wildman–Crippen MR) is 115 cm³/mol. The molecule has 0 bridgehead atoms. The SMILES string of the molecule is C=Nc1ccc(-c2ccc(-c3cnn(C)c3)nc2)cc1C(=C)N(C)C1CNC1. The Bertz CT molecular complexity index is 1010. The van der Waals surface area contributed by atoms with Crippen LogP contribution in [0.25, 0.3) is 28.1 Å². The van der Waals surface area contributed by atoms with Crippen LogP contribution in [0.5, 0.6) is 0 Å². The minimum Gasteiger partial charge on any atom is -0.369 e. The number of nitrogens with one attached hydrogen (secondary N) is 1. The molecule has 0 aliphatic carbocycles. The molecule has 28 heavy (non-hydrogen) atoms. The molecule has 1 aliphatic rings. The summed E-state index contributed by atoms with van der Waals surface area (Å²) >= 11 is 0. The van der Waals surface area contributed by atoms with Crippen LogP contribution in [0.3, 0.4) is 0 Å². The highest BCUT2D eigenvalue weighted by Crippen LogP contribution is 2.33. The number of aromatic nitrogens is 3. The van der Waals surface area contributed by atoms with Gasteiger partial charge in [-0.25, -0.2) is 0 Å². The smallest absolute Gasteiger partial charge is 0.0733 e. The Kier molecular flexibility index (Phi) is 4.79. The van der Waals surface area contributed by atoms with Gasteiger partial charge in [0.15, 0.2) is 0 Å². The molecule has 3 heterocycles. The molecule has 0 atom stereocenters. The number of rotatable bonds is 6. The molecule has 6 heteroatoms. The summed E-state index contributed by atoms with van der Waals surface area (Å²) in [7, 11) is 3.98. The van der Waals surface area contributed by atoms with Crippen LogP contribution in [-0.4, -0.2) is 52.6 Å². The fourth-order valence-corrected chi connectivity index (χ4v) is 3.33. The van der Waals surface area contributed by atoms with Gasteiger partial charge >= 0.3 is 0 Å². The lowest BCUT2D eigenvalue weighted by molar-refractivity contribution is 0.254. The molecule has 0 radical (unpaired) electrons. The third kappa shape index (κ3) is 3.34. The van der Waals surface area contributed by atoms with Crippen molar-refractivity contribution in [3.63, 3.8) is 0 Å². The summed E-state index contributed by atoms with van der Waals surface area (Å²) in [5.74, 6) is 0. The predicted octanol–water partition coefficient (Wildman–Crippen LogP) is 3.36. The fourth-order valence-electron chi connectivity index (χ4n) is 3.33. The first kappa shape index (κ1) is 18.1. The molecule has 1 N–H and O–H groups in total. The quantitative estimate of drug-likeness (QED) is 0.674. The van der Waals surface area contributed by atoms with E-state index in [1.165, 1.54) is 0 Å². The second kappa shape index (κ2) is 7.40. The molecular weight excluding hydrogens is 348 g/mol. The summed E-state index contributed by atoms with van der Waals surface area (Å²) in [5.41, 5.74) is 6.83. The van der Waals surface area contributed by atoms with Gasteiger partial charge in [0.05, 0.1) is 23.6 Å². The number of pyridine rings is 1. The minimum absolute atomic E-state index is 0.467. The van der Waals surface area contributed by atoms with Gasteiger partial charge in [-0.1, -0.05) is 18.7 Å². The zero-order chi connectivity index (χ0) is 19.7. The van der Waals surface area contributed by atoms with Crippen LogP contribution >= 0.6 is 0 Å². The third-order valence-electron chi connectivity index (χ3n) is 5.31. The van der Waals surface area contributed by atoms with Gasteiger partial charge < -0.3 is 10.2 Å². The van der Waals surface area contributed by atoms with Gasteiger partial charge in [-0.15, -0.1) is 0 Å². The van der Waals surface area contributed by atoms with Crippen molar-refractivity contribution in [2.45, 2.75) is 6.04 Å². The van der Waals surface area contributed by atoms with E-state index in [4.69, 9.17) is 0 Å². The average Bonchev–Trinajstić information content (AvgIpc) is 3.12. The fraction of sp³-hybridized carbons (Fsp3) is 0.227. The normalized spacial score (nSPS) is 13.8. The molecule has 3 aromatic rings. The molecule has 1 aliphatic heterocycles. The van der Waals surface area contributed by atoms with Gasteiger partial charge in [-0.2, -0.15) is 5.10 Å². The van der Waals surface area contributed by atoms with Crippen LogP contribution in [0, 0.1) is 0 Å². The molecule has 0 saturated carbocycles. The molecule has 0 unspecified atom stereocenters. The Balaban J connectivity index is 1.64. The highest BCUT2D eigenvalue weighted by Gasteiger charge is 2.24. The van der Waals surface area contributed by atoms with E-state index in [1.807, 2.05) is 43.8 Å². The minimum atomic E-state index is 0.467. The Morgan fingerprint density at radius 2 is 1.96 bits per heavy atom. The van der Waals surface area contributed by atoms with Gasteiger partial charge in [0.25, 0.3) is 0 Å². The second-order valence-corrected chi connectivity index (χ2v) is 7.09. The highest BCUT2D eigenvalue weighted by molar-refractivity contribution is 5.79. The number of nitrogens with zero attached hydrogens (tertiary/aromatic N) is 5. The van der Waals surface area contributed by atoms with Crippen molar-refractivity contribution in [3.8, 4) is 22.4 Å². The van der Waals surface area contributed by atoms with Crippen LogP contribution in [-0.2, 0) is 7.05 Å². The Morgan fingerprint density at radius 3 is 2.54 bits per heavy atom. The Hall–Kier alpha value is -3.25. The van der Waals surface area contributed by atoms with Crippen molar-refractivity contribution in [2.75, 3.05) is 20.1 Å². The van der Waals surface area contributed by atoms with Crippen molar-refractivity contribution in [1.82, 2.24) is 25.0 Å². The molecule has 1 fully saturated rings. The summed E-state index contributed by atoms with van der Waals surface area (Å²) < 4.78 is 1.78. The molecule has 0 amide bonds. The van der Waals surface area contributed by atoms with Crippen LogP contribution < -0.4 is 5.32 Å². The molecule has 1 aromatic carbocycles. The van der Waals surface area contributed by atoms with E-state index in [1.54, 1.807) is 4.68 Å². The lowest BCUT2D eigenvalue weighted by Gasteiger charge is -2.38. The van der Waals surface area contributed by atoms with Crippen LogP contribution in [0.2, 0.25) is 0 Å². The highest BCUT2D eigenvalue weighted by atomic mass is 15.2. The Morgan fingerprint density at radius 1 is 1.18 bits per heavy atom. The number of likely N-dealkylation sites (N-methyl/N-ethyl adjacent to an activating group) is 1. The van der Waals surface area contributed by atoms with E-state index >= 15 is 0 Å². The zero-order valence-corrected chi connectivity index (χ0v) is 16.3. The molecular formula is C22H24N6. The second-order valence-electron chi connectivity index (χ2n) is 7.09. The first-order chi connectivity index (χ1) is 13.6. The van der Waals surface area contributed by atoms with Crippen LogP contribution in [0.15, 0.2) is 60.5 Å². The number of aryl methyl sites for hydroxylation is 1.